The van der Waals surface area contributed by atoms with E-state index in [9.17, 15) is 14.0 Å². The Balaban J connectivity index is 0.000000126. The van der Waals surface area contributed by atoms with E-state index in [0.717, 1.165) is 139 Å². The molecule has 4 spiro atoms. The standard InChI is InChI=1S/C25H23FN4O.C19H19ClN4O/c1-30-12-24(13-30)22-20(23(31)29-25(24)8-9-25)16-7-6-14-11-27-19(10-17(14)21(16)28-22)15-4-2-3-5-18(15)26;1-24-8-18(9-24)16-14(17(25)23-19(18)4-5-19)11-3-2-10-7-21-13(20)6-12(10)15(11)22-16/h2-5,10-11,28H,6-9,12-13H2,1H3,(H,29,31);6-7,22H,2-5,8-9H2,1H3,(H,23,25). The lowest BCUT2D eigenvalue weighted by molar-refractivity contribution is 0.0338. The molecule has 0 unspecified atom stereocenters. The van der Waals surface area contributed by atoms with E-state index in [0.29, 0.717) is 16.4 Å². The number of aromatic amines is 2. The first-order chi connectivity index (χ1) is 27.0. The molecule has 0 radical (unpaired) electrons. The lowest BCUT2D eigenvalue weighted by atomic mass is 9.65. The number of nitrogens with zero attached hydrogens (tertiary/aromatic N) is 4. The minimum Gasteiger partial charge on any atom is -0.357 e. The van der Waals surface area contributed by atoms with E-state index in [1.807, 2.05) is 30.6 Å². The highest BCUT2D eigenvalue weighted by atomic mass is 35.5. The average Bonchev–Trinajstić information content (AvgIpc) is 4.03. The Labute approximate surface area is 328 Å². The summed E-state index contributed by atoms with van der Waals surface area (Å²) in [5, 5.41) is 7.28. The molecule has 0 atom stereocenters. The zero-order valence-electron chi connectivity index (χ0n) is 31.5. The second-order valence-corrected chi connectivity index (χ2v) is 18.3. The van der Waals surface area contributed by atoms with Crippen LogP contribution in [0.4, 0.5) is 4.39 Å². The Morgan fingerprint density at radius 1 is 0.679 bits per heavy atom. The zero-order chi connectivity index (χ0) is 37.9. The van der Waals surface area contributed by atoms with E-state index in [-0.39, 0.29) is 39.5 Å². The van der Waals surface area contributed by atoms with Gasteiger partial charge in [0.05, 0.1) is 50.1 Å². The van der Waals surface area contributed by atoms with E-state index >= 15 is 0 Å². The van der Waals surface area contributed by atoms with Crippen LogP contribution in [0.25, 0.3) is 33.8 Å². The number of H-pyrrole nitrogens is 2. The summed E-state index contributed by atoms with van der Waals surface area (Å²) >= 11 is 6.16. The van der Waals surface area contributed by atoms with Crippen molar-refractivity contribution in [2.45, 2.75) is 73.3 Å². The first-order valence-corrected chi connectivity index (χ1v) is 20.3. The summed E-state index contributed by atoms with van der Waals surface area (Å²) in [4.78, 5) is 47.1. The Morgan fingerprint density at radius 2 is 1.18 bits per heavy atom. The fraction of sp³-hybridized carbons (Fsp3) is 0.409. The van der Waals surface area contributed by atoms with Crippen LogP contribution in [0.5, 0.6) is 0 Å². The van der Waals surface area contributed by atoms with E-state index in [4.69, 9.17) is 11.6 Å². The molecule has 0 bridgehead atoms. The fourth-order valence-electron chi connectivity index (χ4n) is 11.8. The van der Waals surface area contributed by atoms with Crippen LogP contribution < -0.4 is 10.6 Å². The summed E-state index contributed by atoms with van der Waals surface area (Å²) < 4.78 is 14.4. The molecule has 4 aromatic heterocycles. The molecule has 4 N–H and O–H groups in total. The van der Waals surface area contributed by atoms with Crippen LogP contribution in [0.3, 0.4) is 0 Å². The number of likely N-dealkylation sites (N-methyl/N-ethyl adjacent to an activating group) is 2. The van der Waals surface area contributed by atoms with E-state index < -0.39 is 0 Å². The molecular formula is C44H42ClFN8O2. The van der Waals surface area contributed by atoms with Crippen molar-refractivity contribution in [2.75, 3.05) is 40.3 Å². The van der Waals surface area contributed by atoms with Crippen LogP contribution in [0.2, 0.25) is 5.15 Å². The maximum atomic E-state index is 14.4. The highest BCUT2D eigenvalue weighted by molar-refractivity contribution is 6.29. The predicted octanol–water partition coefficient (Wildman–Crippen LogP) is 5.73. The molecular weight excluding hydrogens is 727 g/mol. The molecule has 4 aliphatic heterocycles. The van der Waals surface area contributed by atoms with Gasteiger partial charge < -0.3 is 30.4 Å². The lowest BCUT2D eigenvalue weighted by Gasteiger charge is -2.55. The molecule has 12 heteroatoms. The topological polar surface area (TPSA) is 122 Å². The molecule has 5 aromatic rings. The number of halogens is 2. The average molecular weight is 769 g/mol. The van der Waals surface area contributed by atoms with Gasteiger partial charge in [0, 0.05) is 66.7 Å². The maximum absolute atomic E-state index is 14.4. The first kappa shape index (κ1) is 33.3. The highest BCUT2D eigenvalue weighted by Gasteiger charge is 2.70. The third-order valence-electron chi connectivity index (χ3n) is 14.7. The van der Waals surface area contributed by atoms with Crippen molar-refractivity contribution < 1.29 is 14.0 Å². The van der Waals surface area contributed by atoms with E-state index in [2.05, 4.69) is 54.5 Å². The Hall–Kier alpha value is -4.84. The molecule has 8 heterocycles. The third-order valence-corrected chi connectivity index (χ3v) is 14.9. The van der Waals surface area contributed by atoms with Crippen molar-refractivity contribution in [3.8, 4) is 33.8 Å². The smallest absolute Gasteiger partial charge is 0.253 e. The molecule has 2 saturated heterocycles. The summed E-state index contributed by atoms with van der Waals surface area (Å²) in [7, 11) is 4.29. The number of nitrogens with one attached hydrogen (secondary N) is 4. The van der Waals surface area contributed by atoms with Crippen LogP contribution in [0.1, 0.15) is 80.0 Å². The van der Waals surface area contributed by atoms with Gasteiger partial charge in [-0.15, -0.1) is 0 Å². The minimum absolute atomic E-state index is 0.0239. The number of rotatable bonds is 1. The van der Waals surface area contributed by atoms with Gasteiger partial charge in [0.25, 0.3) is 11.8 Å². The summed E-state index contributed by atoms with van der Waals surface area (Å²) in [5.74, 6) is -0.103. The van der Waals surface area contributed by atoms with Gasteiger partial charge in [0.2, 0.25) is 0 Å². The fourth-order valence-corrected chi connectivity index (χ4v) is 12.0. The molecule has 4 fully saturated rings. The van der Waals surface area contributed by atoms with Crippen LogP contribution in [-0.4, -0.2) is 92.9 Å². The van der Waals surface area contributed by atoms with Crippen molar-refractivity contribution in [1.29, 1.82) is 0 Å². The van der Waals surface area contributed by atoms with Crippen LogP contribution >= 0.6 is 11.6 Å². The molecule has 1 aromatic carbocycles. The summed E-state index contributed by atoms with van der Waals surface area (Å²) in [5.41, 5.74) is 13.9. The molecule has 284 valence electrons. The highest BCUT2D eigenvalue weighted by Crippen LogP contribution is 2.61. The zero-order valence-corrected chi connectivity index (χ0v) is 32.2. The third kappa shape index (κ3) is 4.23. The SMILES string of the molecule is CN1CC2(C1)c1[nH]c3c(c1C(=O)NC21CC1)CCc1cnc(-c2ccccc2F)cc1-3.CN1CC2(C1)c1[nH]c3c(c1C(=O)NC21CC1)CCc1cnc(Cl)cc1-3. The lowest BCUT2D eigenvalue weighted by Crippen LogP contribution is -2.71. The van der Waals surface area contributed by atoms with Crippen molar-refractivity contribution in [3.05, 3.63) is 105 Å². The number of fused-ring (bicyclic) bond motifs is 14. The number of aromatic nitrogens is 4. The molecule has 2 saturated carbocycles. The number of aryl methyl sites for hydroxylation is 2. The monoisotopic (exact) mass is 768 g/mol. The molecule has 4 aliphatic carbocycles. The molecule has 13 rings (SSSR count). The molecule has 2 amide bonds. The normalized spacial score (nSPS) is 22.9. The van der Waals surface area contributed by atoms with Gasteiger partial charge in [-0.3, -0.25) is 14.6 Å². The van der Waals surface area contributed by atoms with Crippen molar-refractivity contribution in [3.63, 3.8) is 0 Å². The molecule has 8 aliphatic rings. The van der Waals surface area contributed by atoms with Gasteiger partial charge in [-0.2, -0.15) is 0 Å². The van der Waals surface area contributed by atoms with Gasteiger partial charge in [-0.1, -0.05) is 23.7 Å². The van der Waals surface area contributed by atoms with Crippen molar-refractivity contribution >= 4 is 23.4 Å². The molecule has 56 heavy (non-hydrogen) atoms. The minimum atomic E-state index is -0.275. The number of benzene rings is 1. The second kappa shape index (κ2) is 11.0. The number of pyridine rings is 2. The Morgan fingerprint density at radius 3 is 1.68 bits per heavy atom. The van der Waals surface area contributed by atoms with Crippen molar-refractivity contribution in [1.82, 2.24) is 40.4 Å². The van der Waals surface area contributed by atoms with Gasteiger partial charge in [-0.25, -0.2) is 9.37 Å². The maximum Gasteiger partial charge on any atom is 0.253 e. The Bertz CT molecular complexity index is 2590. The number of carbonyl (C=O) groups excluding carboxylic acids is 2. The number of hydrogen-bond donors (Lipinski definition) is 4. The van der Waals surface area contributed by atoms with Crippen LogP contribution in [-0.2, 0) is 36.5 Å². The largest absolute Gasteiger partial charge is 0.357 e. The van der Waals surface area contributed by atoms with Gasteiger partial charge in [-0.05, 0) is 112 Å². The Kier molecular flexibility index (Phi) is 6.52. The van der Waals surface area contributed by atoms with Crippen LogP contribution in [0, 0.1) is 5.82 Å². The summed E-state index contributed by atoms with van der Waals surface area (Å²) in [6.07, 6.45) is 11.5. The van der Waals surface area contributed by atoms with Gasteiger partial charge in [0.15, 0.2) is 0 Å². The predicted molar refractivity (Wildman–Crippen MR) is 210 cm³/mol. The summed E-state index contributed by atoms with van der Waals surface area (Å²) in [6, 6.07) is 10.7. The van der Waals surface area contributed by atoms with Crippen LogP contribution in [0.15, 0.2) is 48.8 Å². The number of carbonyl (C=O) groups is 2. The second-order valence-electron chi connectivity index (χ2n) is 17.9. The first-order valence-electron chi connectivity index (χ1n) is 20.0. The molecule has 10 nitrogen and oxygen atoms in total. The quantitative estimate of drug-likeness (QED) is 0.162. The van der Waals surface area contributed by atoms with E-state index in [1.54, 1.807) is 12.1 Å². The summed E-state index contributed by atoms with van der Waals surface area (Å²) in [6.45, 7) is 3.93. The number of hydrogen-bond acceptors (Lipinski definition) is 6. The number of amides is 2. The van der Waals surface area contributed by atoms with Gasteiger partial charge in [0.1, 0.15) is 11.0 Å². The van der Waals surface area contributed by atoms with Crippen molar-refractivity contribution in [2.24, 2.45) is 0 Å². The van der Waals surface area contributed by atoms with E-state index in [1.165, 1.54) is 11.6 Å². The van der Waals surface area contributed by atoms with Gasteiger partial charge >= 0.3 is 0 Å². The number of likely N-dealkylation sites (tertiary alicyclic amines) is 2.